The average molecular weight is 380 g/mol. The summed E-state index contributed by atoms with van der Waals surface area (Å²) in [4.78, 5) is 0. The molecule has 0 spiro atoms. The highest BCUT2D eigenvalue weighted by molar-refractivity contribution is 14.1. The number of hydrogen-bond acceptors (Lipinski definition) is 3. The molecule has 0 aliphatic carbocycles. The van der Waals surface area contributed by atoms with Crippen molar-refractivity contribution >= 4 is 22.6 Å². The lowest BCUT2D eigenvalue weighted by Gasteiger charge is -2.30. The first-order valence-electron chi connectivity index (χ1n) is 6.48. The van der Waals surface area contributed by atoms with Crippen LogP contribution in [0.5, 0.6) is 0 Å². The van der Waals surface area contributed by atoms with Crippen LogP contribution < -0.4 is 5.32 Å². The third-order valence-electron chi connectivity index (χ3n) is 2.99. The molecule has 2 rings (SSSR count). The van der Waals surface area contributed by atoms with E-state index in [1.807, 2.05) is 55.1 Å². The van der Waals surface area contributed by atoms with Crippen molar-refractivity contribution in [2.24, 2.45) is 0 Å². The first-order chi connectivity index (χ1) is 9.55. The van der Waals surface area contributed by atoms with Crippen LogP contribution in [0.3, 0.4) is 0 Å². The summed E-state index contributed by atoms with van der Waals surface area (Å²) >= 11 is 2.22. The Morgan fingerprint density at radius 3 is 2.60 bits per heavy atom. The second-order valence-corrected chi connectivity index (χ2v) is 6.28. The normalized spacial score (nSPS) is 13.9. The van der Waals surface area contributed by atoms with Gasteiger partial charge in [0.2, 0.25) is 0 Å². The molecular formula is C15H17IN4. The third-order valence-corrected chi connectivity index (χ3v) is 3.55. The molecule has 0 amide bonds. The molecular weight excluding hydrogens is 363 g/mol. The SMILES string of the molecule is CC(C)NC(C#N)(Cn1cc(I)cn1)c1ccccc1. The molecule has 104 valence electrons. The van der Waals surface area contributed by atoms with Crippen molar-refractivity contribution in [3.8, 4) is 6.07 Å². The molecule has 0 bridgehead atoms. The third kappa shape index (κ3) is 3.38. The van der Waals surface area contributed by atoms with Gasteiger partial charge in [-0.1, -0.05) is 30.3 Å². The first-order valence-corrected chi connectivity index (χ1v) is 7.56. The Kier molecular flexibility index (Phi) is 4.78. The zero-order chi connectivity index (χ0) is 14.6. The molecule has 1 atom stereocenters. The van der Waals surface area contributed by atoms with E-state index in [4.69, 9.17) is 0 Å². The van der Waals surface area contributed by atoms with E-state index in [-0.39, 0.29) is 6.04 Å². The fourth-order valence-electron chi connectivity index (χ4n) is 2.24. The Balaban J connectivity index is 2.40. The molecule has 1 unspecified atom stereocenters. The summed E-state index contributed by atoms with van der Waals surface area (Å²) in [5.41, 5.74) is 0.187. The van der Waals surface area contributed by atoms with Crippen molar-refractivity contribution in [3.05, 3.63) is 51.9 Å². The highest BCUT2D eigenvalue weighted by Crippen LogP contribution is 2.23. The van der Waals surface area contributed by atoms with Crippen LogP contribution in [-0.2, 0) is 12.1 Å². The summed E-state index contributed by atoms with van der Waals surface area (Å²) in [6.45, 7) is 4.57. The first kappa shape index (κ1) is 15.0. The van der Waals surface area contributed by atoms with E-state index in [0.717, 1.165) is 9.13 Å². The Bertz CT molecular complexity index is 600. The number of nitriles is 1. The van der Waals surface area contributed by atoms with E-state index in [1.54, 1.807) is 6.20 Å². The zero-order valence-electron chi connectivity index (χ0n) is 11.5. The molecule has 2 aromatic rings. The number of rotatable bonds is 5. The topological polar surface area (TPSA) is 53.6 Å². The van der Waals surface area contributed by atoms with Gasteiger partial charge in [-0.05, 0) is 42.0 Å². The smallest absolute Gasteiger partial charge is 0.152 e. The van der Waals surface area contributed by atoms with Gasteiger partial charge in [-0.15, -0.1) is 0 Å². The molecule has 5 heteroatoms. The lowest BCUT2D eigenvalue weighted by molar-refractivity contribution is 0.325. The molecule has 0 aliphatic heterocycles. The Hall–Kier alpha value is -1.39. The van der Waals surface area contributed by atoms with Crippen LogP contribution in [0.25, 0.3) is 0 Å². The van der Waals surface area contributed by atoms with Gasteiger partial charge in [-0.25, -0.2) is 0 Å². The van der Waals surface area contributed by atoms with E-state index in [2.05, 4.69) is 39.1 Å². The number of halogens is 1. The van der Waals surface area contributed by atoms with Crippen LogP contribution in [0, 0.1) is 14.9 Å². The second-order valence-electron chi connectivity index (χ2n) is 5.04. The molecule has 0 radical (unpaired) electrons. The van der Waals surface area contributed by atoms with Crippen molar-refractivity contribution in [2.75, 3.05) is 0 Å². The molecule has 0 fully saturated rings. The van der Waals surface area contributed by atoms with Gasteiger partial charge in [-0.3, -0.25) is 10.00 Å². The standard InChI is InChI=1S/C15H17IN4/c1-12(2)19-15(10-17,13-6-4-3-5-7-13)11-20-9-14(16)8-18-20/h3-9,12,19H,11H2,1-2H3. The largest absolute Gasteiger partial charge is 0.292 e. The lowest BCUT2D eigenvalue weighted by atomic mass is 9.90. The quantitative estimate of drug-likeness (QED) is 0.812. The van der Waals surface area contributed by atoms with Crippen LogP contribution in [0.1, 0.15) is 19.4 Å². The number of benzene rings is 1. The summed E-state index contributed by atoms with van der Waals surface area (Å²) < 4.78 is 2.87. The molecule has 0 aliphatic rings. The molecule has 1 N–H and O–H groups in total. The van der Waals surface area contributed by atoms with E-state index in [1.165, 1.54) is 0 Å². The molecule has 1 aromatic carbocycles. The second kappa shape index (κ2) is 6.37. The molecule has 1 aromatic heterocycles. The van der Waals surface area contributed by atoms with Crippen molar-refractivity contribution in [2.45, 2.75) is 32.0 Å². The summed E-state index contributed by atoms with van der Waals surface area (Å²) in [6.07, 6.45) is 3.74. The fourth-order valence-corrected chi connectivity index (χ4v) is 2.68. The summed E-state index contributed by atoms with van der Waals surface area (Å²) in [5.74, 6) is 0. The van der Waals surface area contributed by atoms with E-state index < -0.39 is 5.54 Å². The molecule has 0 saturated heterocycles. The van der Waals surface area contributed by atoms with Crippen LogP contribution in [0.4, 0.5) is 0 Å². The summed E-state index contributed by atoms with van der Waals surface area (Å²) in [6, 6.07) is 12.5. The summed E-state index contributed by atoms with van der Waals surface area (Å²) in [7, 11) is 0. The maximum Gasteiger partial charge on any atom is 0.152 e. The van der Waals surface area contributed by atoms with E-state index in [9.17, 15) is 5.26 Å². The zero-order valence-corrected chi connectivity index (χ0v) is 13.7. The van der Waals surface area contributed by atoms with Crippen LogP contribution in [0.15, 0.2) is 42.7 Å². The number of hydrogen-bond donors (Lipinski definition) is 1. The van der Waals surface area contributed by atoms with Gasteiger partial charge in [0.25, 0.3) is 0 Å². The van der Waals surface area contributed by atoms with Crippen LogP contribution in [0.2, 0.25) is 0 Å². The minimum atomic E-state index is -0.773. The molecule has 20 heavy (non-hydrogen) atoms. The Morgan fingerprint density at radius 1 is 1.40 bits per heavy atom. The van der Waals surface area contributed by atoms with Crippen molar-refractivity contribution in [1.29, 1.82) is 5.26 Å². The van der Waals surface area contributed by atoms with Gasteiger partial charge >= 0.3 is 0 Å². The van der Waals surface area contributed by atoms with Gasteiger partial charge in [-0.2, -0.15) is 10.4 Å². The number of aromatic nitrogens is 2. The lowest BCUT2D eigenvalue weighted by Crippen LogP contribution is -2.48. The Labute approximate surface area is 132 Å². The number of nitrogens with zero attached hydrogens (tertiary/aromatic N) is 3. The summed E-state index contributed by atoms with van der Waals surface area (Å²) in [5, 5.41) is 17.5. The van der Waals surface area contributed by atoms with E-state index in [0.29, 0.717) is 6.54 Å². The molecule has 0 saturated carbocycles. The predicted octanol–water partition coefficient (Wildman–Crippen LogP) is 2.90. The van der Waals surface area contributed by atoms with Crippen molar-refractivity contribution in [3.63, 3.8) is 0 Å². The highest BCUT2D eigenvalue weighted by atomic mass is 127. The van der Waals surface area contributed by atoms with Crippen molar-refractivity contribution in [1.82, 2.24) is 15.1 Å². The molecule has 4 nitrogen and oxygen atoms in total. The predicted molar refractivity (Wildman–Crippen MR) is 86.9 cm³/mol. The minimum absolute atomic E-state index is 0.199. The highest BCUT2D eigenvalue weighted by Gasteiger charge is 2.33. The Morgan fingerprint density at radius 2 is 2.10 bits per heavy atom. The van der Waals surface area contributed by atoms with Crippen LogP contribution in [-0.4, -0.2) is 15.8 Å². The van der Waals surface area contributed by atoms with Gasteiger partial charge in [0.05, 0.1) is 22.4 Å². The fraction of sp³-hybridized carbons (Fsp3) is 0.333. The van der Waals surface area contributed by atoms with Gasteiger partial charge < -0.3 is 0 Å². The minimum Gasteiger partial charge on any atom is -0.292 e. The average Bonchev–Trinajstić information content (AvgIpc) is 2.83. The van der Waals surface area contributed by atoms with Gasteiger partial charge in [0.15, 0.2) is 5.54 Å². The number of nitrogens with one attached hydrogen (secondary N) is 1. The molecule has 1 heterocycles. The van der Waals surface area contributed by atoms with Crippen LogP contribution >= 0.6 is 22.6 Å². The maximum atomic E-state index is 9.79. The van der Waals surface area contributed by atoms with E-state index >= 15 is 0 Å². The van der Waals surface area contributed by atoms with Gasteiger partial charge in [0, 0.05) is 12.2 Å². The monoisotopic (exact) mass is 380 g/mol. The van der Waals surface area contributed by atoms with Gasteiger partial charge in [0.1, 0.15) is 0 Å². The van der Waals surface area contributed by atoms with Crippen molar-refractivity contribution < 1.29 is 0 Å². The maximum absolute atomic E-state index is 9.79.